The van der Waals surface area contributed by atoms with Gasteiger partial charge in [0, 0.05) is 13.1 Å². The molecule has 5 N–H and O–H groups in total. The minimum absolute atomic E-state index is 0.0261. The molecule has 0 radical (unpaired) electrons. The van der Waals surface area contributed by atoms with Crippen LogP contribution in [0.25, 0.3) is 0 Å². The Morgan fingerprint density at radius 1 is 1.47 bits per heavy atom. The molecule has 5 heteroatoms. The molecule has 2 unspecified atom stereocenters. The average Bonchev–Trinajstić information content (AvgIpc) is 2.29. The summed E-state index contributed by atoms with van der Waals surface area (Å²) in [5.41, 5.74) is 4.61. The van der Waals surface area contributed by atoms with Crippen molar-refractivity contribution in [2.75, 3.05) is 13.1 Å². The minimum atomic E-state index is -1.23. The lowest BCUT2D eigenvalue weighted by molar-refractivity contribution is -0.125. The normalized spacial score (nSPS) is 16.2. The lowest BCUT2D eigenvalue weighted by Crippen LogP contribution is -2.42. The van der Waals surface area contributed by atoms with Gasteiger partial charge >= 0.3 is 0 Å². The van der Waals surface area contributed by atoms with E-state index in [0.717, 1.165) is 5.56 Å². The van der Waals surface area contributed by atoms with Crippen LogP contribution in [-0.4, -0.2) is 35.3 Å². The number of hydrogen-bond donors (Lipinski definition) is 4. The molecule has 1 aromatic rings. The van der Waals surface area contributed by atoms with E-state index in [1.165, 1.54) is 0 Å². The Bertz CT molecular complexity index is 365. The van der Waals surface area contributed by atoms with Gasteiger partial charge < -0.3 is 21.3 Å². The van der Waals surface area contributed by atoms with Crippen molar-refractivity contribution in [3.05, 3.63) is 35.9 Å². The predicted octanol–water partition coefficient (Wildman–Crippen LogP) is -0.670. The van der Waals surface area contributed by atoms with Crippen LogP contribution in [0.2, 0.25) is 0 Å². The topological polar surface area (TPSA) is 95.6 Å². The third-order valence-electron chi connectivity index (χ3n) is 2.53. The van der Waals surface area contributed by atoms with Gasteiger partial charge in [-0.25, -0.2) is 0 Å². The number of carbonyl (C=O) groups excluding carboxylic acids is 1. The van der Waals surface area contributed by atoms with Crippen molar-refractivity contribution in [2.24, 2.45) is 5.73 Å². The van der Waals surface area contributed by atoms with Crippen molar-refractivity contribution in [3.8, 4) is 0 Å². The maximum atomic E-state index is 10.6. The van der Waals surface area contributed by atoms with E-state index in [-0.39, 0.29) is 13.1 Å². The summed E-state index contributed by atoms with van der Waals surface area (Å²) < 4.78 is 0. The van der Waals surface area contributed by atoms with Gasteiger partial charge in [0.15, 0.2) is 0 Å². The highest BCUT2D eigenvalue weighted by Crippen LogP contribution is 2.18. The van der Waals surface area contributed by atoms with Gasteiger partial charge in [0.1, 0.15) is 6.10 Å². The third kappa shape index (κ3) is 4.14. The summed E-state index contributed by atoms with van der Waals surface area (Å²) in [6, 6.07) is 9.16. The summed E-state index contributed by atoms with van der Waals surface area (Å²) in [6.07, 6.45) is -1.23. The smallest absolute Gasteiger partial charge is 0.247 e. The quantitative estimate of drug-likeness (QED) is 0.528. The summed E-state index contributed by atoms with van der Waals surface area (Å²) in [5, 5.41) is 22.2. The van der Waals surface area contributed by atoms with Crippen LogP contribution in [0.4, 0.5) is 0 Å². The molecule has 0 aliphatic carbocycles. The lowest BCUT2D eigenvalue weighted by atomic mass is 9.96. The highest BCUT2D eigenvalue weighted by Gasteiger charge is 2.22. The van der Waals surface area contributed by atoms with Gasteiger partial charge in [-0.1, -0.05) is 30.3 Å². The van der Waals surface area contributed by atoms with Crippen molar-refractivity contribution < 1.29 is 15.0 Å². The van der Waals surface area contributed by atoms with Crippen molar-refractivity contribution in [2.45, 2.75) is 18.6 Å². The van der Waals surface area contributed by atoms with Crippen LogP contribution in [0.1, 0.15) is 12.5 Å². The number of aliphatic hydroxyl groups excluding tert-OH is 1. The van der Waals surface area contributed by atoms with Crippen LogP contribution < -0.4 is 11.1 Å². The molecule has 94 valence electrons. The van der Waals surface area contributed by atoms with Gasteiger partial charge in [-0.05, 0) is 12.5 Å². The maximum Gasteiger partial charge on any atom is 0.247 e. The molecule has 0 bridgehead atoms. The first-order valence-corrected chi connectivity index (χ1v) is 5.39. The zero-order valence-corrected chi connectivity index (χ0v) is 9.76. The van der Waals surface area contributed by atoms with Gasteiger partial charge in [-0.15, -0.1) is 0 Å². The van der Waals surface area contributed by atoms with E-state index in [9.17, 15) is 15.0 Å². The first-order valence-electron chi connectivity index (χ1n) is 5.39. The van der Waals surface area contributed by atoms with Crippen molar-refractivity contribution in [1.82, 2.24) is 5.32 Å². The molecule has 0 saturated carbocycles. The Morgan fingerprint density at radius 3 is 2.59 bits per heavy atom. The van der Waals surface area contributed by atoms with Gasteiger partial charge in [0.2, 0.25) is 5.91 Å². The van der Waals surface area contributed by atoms with Crippen molar-refractivity contribution in [3.63, 3.8) is 0 Å². The zero-order chi connectivity index (χ0) is 12.9. The first-order chi connectivity index (χ1) is 7.93. The molecular weight excluding hydrogens is 220 g/mol. The minimum Gasteiger partial charge on any atom is -0.384 e. The summed E-state index contributed by atoms with van der Waals surface area (Å²) in [5.74, 6) is -0.781. The molecule has 0 aromatic heterocycles. The number of primary amides is 1. The molecule has 0 fully saturated rings. The van der Waals surface area contributed by atoms with Crippen LogP contribution >= 0.6 is 0 Å². The highest BCUT2D eigenvalue weighted by atomic mass is 16.3. The molecular formula is C12H18N2O3. The van der Waals surface area contributed by atoms with Gasteiger partial charge in [-0.2, -0.15) is 0 Å². The van der Waals surface area contributed by atoms with E-state index in [0.29, 0.717) is 0 Å². The zero-order valence-electron chi connectivity index (χ0n) is 9.76. The second-order valence-electron chi connectivity index (χ2n) is 4.19. The van der Waals surface area contributed by atoms with E-state index in [2.05, 4.69) is 5.32 Å². The number of amides is 1. The fourth-order valence-electron chi connectivity index (χ4n) is 1.45. The third-order valence-corrected chi connectivity index (χ3v) is 2.53. The van der Waals surface area contributed by atoms with Crippen LogP contribution in [0, 0.1) is 0 Å². The number of nitrogens with one attached hydrogen (secondary N) is 1. The number of benzene rings is 1. The van der Waals surface area contributed by atoms with Crippen LogP contribution in [-0.2, 0) is 10.4 Å². The van der Waals surface area contributed by atoms with E-state index in [4.69, 9.17) is 5.73 Å². The fraction of sp³-hybridized carbons (Fsp3) is 0.417. The molecule has 2 atom stereocenters. The second kappa shape index (κ2) is 5.77. The number of carbonyl (C=O) groups is 1. The van der Waals surface area contributed by atoms with Crippen LogP contribution in [0.15, 0.2) is 30.3 Å². The molecule has 0 spiro atoms. The molecule has 0 saturated heterocycles. The molecule has 17 heavy (non-hydrogen) atoms. The number of rotatable bonds is 6. The molecule has 5 nitrogen and oxygen atoms in total. The van der Waals surface area contributed by atoms with Crippen molar-refractivity contribution in [1.29, 1.82) is 0 Å². The average molecular weight is 238 g/mol. The molecule has 1 aromatic carbocycles. The SMILES string of the molecule is CC(O)(CNCC(O)C(N)=O)c1ccccc1. The van der Waals surface area contributed by atoms with Gasteiger partial charge in [-0.3, -0.25) is 4.79 Å². The van der Waals surface area contributed by atoms with Gasteiger partial charge in [0.05, 0.1) is 5.60 Å². The molecule has 0 aliphatic heterocycles. The Hall–Kier alpha value is -1.43. The van der Waals surface area contributed by atoms with E-state index < -0.39 is 17.6 Å². The van der Waals surface area contributed by atoms with Gasteiger partial charge in [0.25, 0.3) is 0 Å². The lowest BCUT2D eigenvalue weighted by Gasteiger charge is -2.24. The largest absolute Gasteiger partial charge is 0.384 e. The Labute approximate surface area is 100 Å². The van der Waals surface area contributed by atoms with E-state index in [1.807, 2.05) is 30.3 Å². The van der Waals surface area contributed by atoms with Crippen LogP contribution in [0.5, 0.6) is 0 Å². The number of aliphatic hydroxyl groups is 2. The Balaban J connectivity index is 2.48. The molecule has 0 aliphatic rings. The van der Waals surface area contributed by atoms with E-state index >= 15 is 0 Å². The molecule has 1 rings (SSSR count). The van der Waals surface area contributed by atoms with Crippen LogP contribution in [0.3, 0.4) is 0 Å². The monoisotopic (exact) mass is 238 g/mol. The summed E-state index contributed by atoms with van der Waals surface area (Å²) in [6.45, 7) is 1.91. The second-order valence-corrected chi connectivity index (χ2v) is 4.19. The summed E-state index contributed by atoms with van der Waals surface area (Å²) in [7, 11) is 0. The molecule has 0 heterocycles. The number of nitrogens with two attached hydrogens (primary N) is 1. The van der Waals surface area contributed by atoms with E-state index in [1.54, 1.807) is 6.92 Å². The standard InChI is InChI=1S/C12H18N2O3/c1-12(17,9-5-3-2-4-6-9)8-14-7-10(15)11(13)16/h2-6,10,14-15,17H,7-8H2,1H3,(H2,13,16). The summed E-state index contributed by atoms with van der Waals surface area (Å²) in [4.78, 5) is 10.6. The number of hydrogen-bond acceptors (Lipinski definition) is 4. The highest BCUT2D eigenvalue weighted by molar-refractivity contribution is 5.78. The summed E-state index contributed by atoms with van der Waals surface area (Å²) >= 11 is 0. The Morgan fingerprint density at radius 2 is 2.06 bits per heavy atom. The van der Waals surface area contributed by atoms with Crippen molar-refractivity contribution >= 4 is 5.91 Å². The first kappa shape index (κ1) is 13.6. The Kier molecular flexibility index (Phi) is 4.62. The predicted molar refractivity (Wildman–Crippen MR) is 64.1 cm³/mol. The molecule has 1 amide bonds. The fourth-order valence-corrected chi connectivity index (χ4v) is 1.45. The maximum absolute atomic E-state index is 10.6.